The van der Waals surface area contributed by atoms with Gasteiger partial charge in [-0.3, -0.25) is 0 Å². The summed E-state index contributed by atoms with van der Waals surface area (Å²) < 4.78 is 0. The van der Waals surface area contributed by atoms with Crippen LogP contribution in [-0.2, 0) is 0 Å². The van der Waals surface area contributed by atoms with E-state index < -0.39 is 0 Å². The summed E-state index contributed by atoms with van der Waals surface area (Å²) in [5.74, 6) is 4.22. The zero-order valence-electron chi connectivity index (χ0n) is 8.58. The number of rotatable bonds is 2. The third-order valence-corrected chi connectivity index (χ3v) is 5.99. The molecule has 76 valence electrons. The highest BCUT2D eigenvalue weighted by Crippen LogP contribution is 2.79. The molecule has 6 atom stereocenters. The largest absolute Gasteiger partial charge is 0.307 e. The minimum Gasteiger partial charge on any atom is -0.307 e. The topological polar surface area (TPSA) is 24.4 Å². The monoisotopic (exact) mass is 190 g/mol. The zero-order chi connectivity index (χ0) is 9.34. The van der Waals surface area contributed by atoms with E-state index in [9.17, 15) is 0 Å². The van der Waals surface area contributed by atoms with E-state index in [2.05, 4.69) is 17.2 Å². The van der Waals surface area contributed by atoms with E-state index in [1.165, 1.54) is 19.3 Å². The van der Waals surface area contributed by atoms with E-state index in [1.807, 2.05) is 0 Å². The van der Waals surface area contributed by atoms with E-state index >= 15 is 0 Å². The molecule has 5 fully saturated rings. The first-order valence-electron chi connectivity index (χ1n) is 6.07. The van der Waals surface area contributed by atoms with Gasteiger partial charge in [0.2, 0.25) is 0 Å². The quantitative estimate of drug-likeness (QED) is 0.523. The van der Waals surface area contributed by atoms with Crippen molar-refractivity contribution in [3.8, 4) is 0 Å². The van der Waals surface area contributed by atoms with E-state index in [-0.39, 0.29) is 0 Å². The van der Waals surface area contributed by atoms with E-state index in [4.69, 9.17) is 0 Å². The summed E-state index contributed by atoms with van der Waals surface area (Å²) in [7, 11) is 0. The Morgan fingerprint density at radius 1 is 1.21 bits per heavy atom. The number of fused-ring (bicyclic) bond motifs is 1. The van der Waals surface area contributed by atoms with Crippen LogP contribution in [0.3, 0.4) is 0 Å². The van der Waals surface area contributed by atoms with Gasteiger partial charge in [-0.15, -0.1) is 0 Å². The third-order valence-electron chi connectivity index (χ3n) is 5.99. The molecule has 0 heterocycles. The summed E-state index contributed by atoms with van der Waals surface area (Å²) in [6.45, 7) is 3.58. The number of nitrogens with zero attached hydrogens (tertiary/aromatic N) is 1. The molecule has 2 heteroatoms. The van der Waals surface area contributed by atoms with Gasteiger partial charge < -0.3 is 5.43 Å². The van der Waals surface area contributed by atoms with Crippen molar-refractivity contribution in [1.82, 2.24) is 5.43 Å². The molecule has 2 bridgehead atoms. The molecular weight excluding hydrogens is 172 g/mol. The fraction of sp³-hybridized carbons (Fsp3) is 0.917. The van der Waals surface area contributed by atoms with Gasteiger partial charge in [0.25, 0.3) is 0 Å². The Labute approximate surface area is 85.1 Å². The maximum Gasteiger partial charge on any atom is 0.0476 e. The van der Waals surface area contributed by atoms with Crippen LogP contribution in [0.5, 0.6) is 0 Å². The SMILES string of the molecule is C=NNC1CC2CC34C(CCC13)CC24. The Morgan fingerprint density at radius 3 is 2.93 bits per heavy atom. The van der Waals surface area contributed by atoms with Crippen molar-refractivity contribution in [3.05, 3.63) is 0 Å². The molecule has 14 heavy (non-hydrogen) atoms. The first-order valence-corrected chi connectivity index (χ1v) is 6.07. The van der Waals surface area contributed by atoms with Crippen molar-refractivity contribution in [2.75, 3.05) is 0 Å². The molecule has 6 unspecified atom stereocenters. The summed E-state index contributed by atoms with van der Waals surface area (Å²) in [6, 6.07) is 0.674. The molecule has 0 aromatic carbocycles. The third kappa shape index (κ3) is 0.582. The molecule has 0 aliphatic heterocycles. The fourth-order valence-electron chi connectivity index (χ4n) is 5.61. The van der Waals surface area contributed by atoms with Crippen molar-refractivity contribution >= 4 is 6.72 Å². The van der Waals surface area contributed by atoms with Gasteiger partial charge >= 0.3 is 0 Å². The average molecular weight is 190 g/mol. The van der Waals surface area contributed by atoms with Gasteiger partial charge in [-0.25, -0.2) is 0 Å². The molecule has 0 aromatic heterocycles. The number of nitrogens with one attached hydrogen (secondary N) is 1. The number of hydrogen-bond donors (Lipinski definition) is 1. The van der Waals surface area contributed by atoms with Crippen LogP contribution in [0, 0.1) is 29.1 Å². The van der Waals surface area contributed by atoms with Gasteiger partial charge in [-0.05, 0) is 61.2 Å². The molecule has 1 spiro atoms. The molecule has 0 saturated heterocycles. The second-order valence-electron chi connectivity index (χ2n) is 5.93. The van der Waals surface area contributed by atoms with Crippen LogP contribution in [0.25, 0.3) is 0 Å². The van der Waals surface area contributed by atoms with Crippen LogP contribution < -0.4 is 5.43 Å². The normalized spacial score (nSPS) is 62.1. The summed E-state index contributed by atoms with van der Waals surface area (Å²) in [6.07, 6.45) is 7.46. The van der Waals surface area contributed by atoms with Gasteiger partial charge in [0.15, 0.2) is 0 Å². The van der Waals surface area contributed by atoms with Gasteiger partial charge in [-0.2, -0.15) is 5.10 Å². The van der Waals surface area contributed by atoms with Crippen LogP contribution in [-0.4, -0.2) is 12.8 Å². The van der Waals surface area contributed by atoms with Crippen LogP contribution in [0.2, 0.25) is 0 Å². The van der Waals surface area contributed by atoms with Crippen molar-refractivity contribution in [2.24, 2.45) is 34.2 Å². The maximum absolute atomic E-state index is 3.91. The van der Waals surface area contributed by atoms with Crippen LogP contribution >= 0.6 is 0 Å². The fourth-order valence-corrected chi connectivity index (χ4v) is 5.61. The molecule has 5 aliphatic carbocycles. The van der Waals surface area contributed by atoms with Crippen molar-refractivity contribution in [1.29, 1.82) is 0 Å². The number of hydrogen-bond acceptors (Lipinski definition) is 2. The van der Waals surface area contributed by atoms with Crippen molar-refractivity contribution in [2.45, 2.75) is 38.1 Å². The Bertz CT molecular complexity index is 301. The predicted molar refractivity (Wildman–Crippen MR) is 56.0 cm³/mol. The van der Waals surface area contributed by atoms with Crippen LogP contribution in [0.4, 0.5) is 0 Å². The summed E-state index contributed by atoms with van der Waals surface area (Å²) >= 11 is 0. The maximum atomic E-state index is 3.91. The van der Waals surface area contributed by atoms with Gasteiger partial charge in [0.1, 0.15) is 0 Å². The predicted octanol–water partition coefficient (Wildman–Crippen LogP) is 2.02. The summed E-state index contributed by atoms with van der Waals surface area (Å²) in [4.78, 5) is 0. The molecule has 0 radical (unpaired) electrons. The highest BCUT2D eigenvalue weighted by Gasteiger charge is 2.74. The highest BCUT2D eigenvalue weighted by atomic mass is 15.3. The zero-order valence-corrected chi connectivity index (χ0v) is 8.58. The second-order valence-corrected chi connectivity index (χ2v) is 5.93. The smallest absolute Gasteiger partial charge is 0.0476 e. The molecule has 5 aliphatic rings. The summed E-state index contributed by atoms with van der Waals surface area (Å²) in [5, 5.41) is 3.91. The molecular formula is C12H18N2. The number of hydrazone groups is 1. The van der Waals surface area contributed by atoms with Gasteiger partial charge in [-0.1, -0.05) is 0 Å². The lowest BCUT2D eigenvalue weighted by molar-refractivity contribution is -0.237. The molecule has 2 nitrogen and oxygen atoms in total. The first-order chi connectivity index (χ1) is 6.86. The molecule has 5 saturated carbocycles. The Hall–Kier alpha value is -0.530. The molecule has 1 N–H and O–H groups in total. The lowest BCUT2D eigenvalue weighted by Gasteiger charge is -2.73. The Balaban J connectivity index is 1.68. The highest BCUT2D eigenvalue weighted by molar-refractivity contribution is 5.25. The average Bonchev–Trinajstić information content (AvgIpc) is 2.54. The standard InChI is InChI=1S/C12H18N2/c1-13-14-11-4-7-6-12-8(5-10(7)12)2-3-9(11)12/h7-11,14H,1-6H2. The Kier molecular flexibility index (Phi) is 1.20. The van der Waals surface area contributed by atoms with Gasteiger partial charge in [0.05, 0.1) is 0 Å². The minimum atomic E-state index is 0.674. The molecule has 0 aromatic rings. The summed E-state index contributed by atoms with van der Waals surface area (Å²) in [5.41, 5.74) is 4.08. The van der Waals surface area contributed by atoms with Crippen LogP contribution in [0.15, 0.2) is 5.10 Å². The van der Waals surface area contributed by atoms with Crippen LogP contribution in [0.1, 0.15) is 32.1 Å². The first kappa shape index (κ1) is 7.72. The molecule has 0 amide bonds. The molecule has 5 rings (SSSR count). The lowest BCUT2D eigenvalue weighted by Crippen LogP contribution is -2.69. The van der Waals surface area contributed by atoms with Crippen molar-refractivity contribution in [3.63, 3.8) is 0 Å². The van der Waals surface area contributed by atoms with E-state index in [0.29, 0.717) is 6.04 Å². The van der Waals surface area contributed by atoms with E-state index in [1.54, 1.807) is 12.8 Å². The lowest BCUT2D eigenvalue weighted by atomic mass is 9.32. The second kappa shape index (κ2) is 2.17. The van der Waals surface area contributed by atoms with Crippen molar-refractivity contribution < 1.29 is 0 Å². The Morgan fingerprint density at radius 2 is 2.14 bits per heavy atom. The van der Waals surface area contributed by atoms with E-state index in [0.717, 1.165) is 29.1 Å². The minimum absolute atomic E-state index is 0.674. The van der Waals surface area contributed by atoms with Gasteiger partial charge in [0, 0.05) is 12.8 Å².